The van der Waals surface area contributed by atoms with Crippen LogP contribution in [0.5, 0.6) is 0 Å². The summed E-state index contributed by atoms with van der Waals surface area (Å²) in [6.07, 6.45) is 2.86. The minimum absolute atomic E-state index is 0.00806. The number of aromatic amines is 1. The molecule has 1 aliphatic heterocycles. The number of nitrogens with zero attached hydrogens (tertiary/aromatic N) is 1. The molecule has 4 rings (SSSR count). The molecule has 1 fully saturated rings. The second kappa shape index (κ2) is 9.79. The molecule has 2 aromatic carbocycles. The fourth-order valence-corrected chi connectivity index (χ4v) is 3.98. The molecule has 2 amide bonds. The van der Waals surface area contributed by atoms with Crippen molar-refractivity contribution < 1.29 is 9.53 Å². The summed E-state index contributed by atoms with van der Waals surface area (Å²) in [5.41, 5.74) is 3.47. The third-order valence-electron chi connectivity index (χ3n) is 5.78. The Morgan fingerprint density at radius 2 is 2.00 bits per heavy atom. The van der Waals surface area contributed by atoms with Crippen molar-refractivity contribution in [1.82, 2.24) is 15.2 Å². The van der Waals surface area contributed by atoms with Gasteiger partial charge in [0.15, 0.2) is 0 Å². The Kier molecular flexibility index (Phi) is 6.67. The predicted octanol–water partition coefficient (Wildman–Crippen LogP) is 3.98. The smallest absolute Gasteiger partial charge is 0.318 e. The number of hydrogen-bond acceptors (Lipinski definition) is 3. The molecule has 6 nitrogen and oxygen atoms in total. The first kappa shape index (κ1) is 21.1. The average Bonchev–Trinajstić information content (AvgIpc) is 3.31. The number of amides is 2. The largest absolute Gasteiger partial charge is 0.376 e. The molecule has 6 heteroatoms. The van der Waals surface area contributed by atoms with E-state index in [1.54, 1.807) is 4.90 Å². The first-order chi connectivity index (χ1) is 15.1. The van der Waals surface area contributed by atoms with Gasteiger partial charge in [0.1, 0.15) is 0 Å². The van der Waals surface area contributed by atoms with Gasteiger partial charge in [-0.2, -0.15) is 0 Å². The third-order valence-corrected chi connectivity index (χ3v) is 5.78. The molecule has 0 aliphatic carbocycles. The van der Waals surface area contributed by atoms with Crippen LogP contribution >= 0.6 is 0 Å². The van der Waals surface area contributed by atoms with Gasteiger partial charge in [0.2, 0.25) is 0 Å². The number of carbonyl (C=O) groups excluding carboxylic acids is 1. The Labute approximate surface area is 182 Å². The molecule has 1 atom stereocenters. The van der Waals surface area contributed by atoms with Crippen LogP contribution in [-0.2, 0) is 24.2 Å². The first-order valence-corrected chi connectivity index (χ1v) is 11.0. The number of carbonyl (C=O) groups is 1. The second-order valence-electron chi connectivity index (χ2n) is 8.06. The number of hydrogen-bond donors (Lipinski definition) is 2. The SMILES string of the molecule is CCc1ccc2[nH]c(=O)c(CN(C[C@H]3CCCO3)C(=O)NCc3ccccc3)cc2c1. The average molecular weight is 420 g/mol. The maximum Gasteiger partial charge on any atom is 0.318 e. The lowest BCUT2D eigenvalue weighted by Crippen LogP contribution is -2.43. The normalized spacial score (nSPS) is 15.8. The zero-order valence-corrected chi connectivity index (χ0v) is 17.9. The maximum atomic E-state index is 13.0. The number of aryl methyl sites for hydroxylation is 1. The van der Waals surface area contributed by atoms with Crippen molar-refractivity contribution in [2.24, 2.45) is 0 Å². The topological polar surface area (TPSA) is 74.4 Å². The number of fused-ring (bicyclic) bond motifs is 1. The van der Waals surface area contributed by atoms with Gasteiger partial charge in [0.05, 0.1) is 12.6 Å². The number of ether oxygens (including phenoxy) is 1. The standard InChI is InChI=1S/C25H29N3O3/c1-2-18-10-11-23-20(13-18)14-21(24(29)27-23)16-28(17-22-9-6-12-31-22)25(30)26-15-19-7-4-3-5-8-19/h3-5,7-8,10-11,13-14,22H,2,6,9,12,15-17H2,1H3,(H,26,30)(H,27,29)/t22-/m1/s1. The number of benzene rings is 2. The highest BCUT2D eigenvalue weighted by atomic mass is 16.5. The van der Waals surface area contributed by atoms with Crippen molar-refractivity contribution in [1.29, 1.82) is 0 Å². The molecule has 1 saturated heterocycles. The van der Waals surface area contributed by atoms with Crippen molar-refractivity contribution in [3.8, 4) is 0 Å². The number of pyridine rings is 1. The summed E-state index contributed by atoms with van der Waals surface area (Å²) in [6, 6.07) is 17.6. The van der Waals surface area contributed by atoms with Crippen molar-refractivity contribution >= 4 is 16.9 Å². The summed E-state index contributed by atoms with van der Waals surface area (Å²) in [5.74, 6) is 0. The van der Waals surface area contributed by atoms with E-state index in [0.717, 1.165) is 42.3 Å². The van der Waals surface area contributed by atoms with Crippen LogP contribution in [-0.4, -0.2) is 35.2 Å². The highest BCUT2D eigenvalue weighted by Crippen LogP contribution is 2.17. The van der Waals surface area contributed by atoms with Crippen molar-refractivity contribution in [2.75, 3.05) is 13.2 Å². The lowest BCUT2D eigenvalue weighted by atomic mass is 10.1. The summed E-state index contributed by atoms with van der Waals surface area (Å²) < 4.78 is 5.76. The van der Waals surface area contributed by atoms with Gasteiger partial charge in [-0.3, -0.25) is 4.79 Å². The van der Waals surface area contributed by atoms with E-state index < -0.39 is 0 Å². The highest BCUT2D eigenvalue weighted by molar-refractivity contribution is 5.80. The molecule has 1 aromatic heterocycles. The molecular formula is C25H29N3O3. The molecular weight excluding hydrogens is 390 g/mol. The summed E-state index contributed by atoms with van der Waals surface area (Å²) >= 11 is 0. The molecule has 0 bridgehead atoms. The molecule has 0 spiro atoms. The van der Waals surface area contributed by atoms with Crippen LogP contribution < -0.4 is 10.9 Å². The third kappa shape index (κ3) is 5.33. The Morgan fingerprint density at radius 3 is 2.74 bits per heavy atom. The van der Waals surface area contributed by atoms with Gasteiger partial charge in [0.25, 0.3) is 5.56 Å². The van der Waals surface area contributed by atoms with Gasteiger partial charge >= 0.3 is 6.03 Å². The zero-order chi connectivity index (χ0) is 21.6. The maximum absolute atomic E-state index is 13.0. The minimum Gasteiger partial charge on any atom is -0.376 e. The molecule has 3 aromatic rings. The summed E-state index contributed by atoms with van der Waals surface area (Å²) in [4.78, 5) is 30.4. The van der Waals surface area contributed by atoms with E-state index in [1.807, 2.05) is 48.5 Å². The quantitative estimate of drug-likeness (QED) is 0.608. The van der Waals surface area contributed by atoms with Crippen LogP contribution in [0, 0.1) is 0 Å². The molecule has 0 radical (unpaired) electrons. The van der Waals surface area contributed by atoms with Gasteiger partial charge in [-0.1, -0.05) is 43.3 Å². The summed E-state index contributed by atoms with van der Waals surface area (Å²) in [6.45, 7) is 3.97. The number of nitrogens with one attached hydrogen (secondary N) is 2. The molecule has 2 heterocycles. The number of H-pyrrole nitrogens is 1. The Hall–Kier alpha value is -3.12. The molecule has 31 heavy (non-hydrogen) atoms. The van der Waals surface area contributed by atoms with E-state index in [4.69, 9.17) is 4.74 Å². The van der Waals surface area contributed by atoms with Gasteiger partial charge < -0.3 is 19.9 Å². The van der Waals surface area contributed by atoms with Crippen LogP contribution in [0.15, 0.2) is 59.4 Å². The van der Waals surface area contributed by atoms with Crippen molar-refractivity contribution in [3.05, 3.63) is 81.6 Å². The van der Waals surface area contributed by atoms with Crippen LogP contribution in [0.3, 0.4) is 0 Å². The minimum atomic E-state index is -0.193. The highest BCUT2D eigenvalue weighted by Gasteiger charge is 2.23. The summed E-state index contributed by atoms with van der Waals surface area (Å²) in [5, 5.41) is 3.97. The Morgan fingerprint density at radius 1 is 1.16 bits per heavy atom. The van der Waals surface area contributed by atoms with E-state index in [9.17, 15) is 9.59 Å². The Bertz CT molecular complexity index is 1090. The molecule has 1 aliphatic rings. The second-order valence-corrected chi connectivity index (χ2v) is 8.06. The molecule has 2 N–H and O–H groups in total. The molecule has 0 saturated carbocycles. The van der Waals surface area contributed by atoms with Crippen LogP contribution in [0.2, 0.25) is 0 Å². The van der Waals surface area contributed by atoms with E-state index in [0.29, 0.717) is 18.7 Å². The van der Waals surface area contributed by atoms with Gasteiger partial charge in [-0.25, -0.2) is 4.79 Å². The fourth-order valence-electron chi connectivity index (χ4n) is 3.98. The van der Waals surface area contributed by atoms with E-state index in [1.165, 1.54) is 5.56 Å². The van der Waals surface area contributed by atoms with Gasteiger partial charge in [-0.05, 0) is 54.0 Å². The molecule has 0 unspecified atom stereocenters. The van der Waals surface area contributed by atoms with Crippen LogP contribution in [0.4, 0.5) is 4.79 Å². The van der Waals surface area contributed by atoms with Gasteiger partial charge in [-0.15, -0.1) is 0 Å². The fraction of sp³-hybridized carbons (Fsp3) is 0.360. The van der Waals surface area contributed by atoms with E-state index in [2.05, 4.69) is 23.3 Å². The van der Waals surface area contributed by atoms with Crippen LogP contribution in [0.25, 0.3) is 10.9 Å². The summed E-state index contributed by atoms with van der Waals surface area (Å²) in [7, 11) is 0. The predicted molar refractivity (Wildman–Crippen MR) is 122 cm³/mol. The first-order valence-electron chi connectivity index (χ1n) is 11.0. The number of urea groups is 1. The van der Waals surface area contributed by atoms with Gasteiger partial charge in [0, 0.05) is 30.8 Å². The lowest BCUT2D eigenvalue weighted by Gasteiger charge is -2.26. The molecule has 162 valence electrons. The lowest BCUT2D eigenvalue weighted by molar-refractivity contribution is 0.0793. The zero-order valence-electron chi connectivity index (χ0n) is 17.9. The van der Waals surface area contributed by atoms with Crippen LogP contribution in [0.1, 0.15) is 36.5 Å². The van der Waals surface area contributed by atoms with E-state index >= 15 is 0 Å². The number of aromatic nitrogens is 1. The van der Waals surface area contributed by atoms with Crippen molar-refractivity contribution in [2.45, 2.75) is 45.4 Å². The van der Waals surface area contributed by atoms with Crippen molar-refractivity contribution in [3.63, 3.8) is 0 Å². The number of rotatable bonds is 7. The van der Waals surface area contributed by atoms with E-state index in [-0.39, 0.29) is 24.2 Å². The Balaban J connectivity index is 1.55. The monoisotopic (exact) mass is 419 g/mol.